The third-order valence-corrected chi connectivity index (χ3v) is 5.98. The van der Waals surface area contributed by atoms with Gasteiger partial charge in [0.1, 0.15) is 5.15 Å². The van der Waals surface area contributed by atoms with Crippen molar-refractivity contribution in [1.82, 2.24) is 24.8 Å². The molecule has 0 radical (unpaired) electrons. The number of halogens is 4. The summed E-state index contributed by atoms with van der Waals surface area (Å²) in [4.78, 5) is 39.5. The number of carboxylic acid groups (broad SMARTS) is 1. The second-order valence-corrected chi connectivity index (χ2v) is 8.72. The number of alkyl halides is 3. The molecule has 1 amide bonds. The molecule has 168 valence electrons. The molecular formula is C18H19ClF3N5O3S. The van der Waals surface area contributed by atoms with Crippen molar-refractivity contribution in [3.63, 3.8) is 0 Å². The molecule has 1 atom stereocenters. The van der Waals surface area contributed by atoms with E-state index in [1.165, 1.54) is 0 Å². The van der Waals surface area contributed by atoms with E-state index in [9.17, 15) is 18.0 Å². The van der Waals surface area contributed by atoms with Crippen LogP contribution in [-0.4, -0.2) is 67.5 Å². The number of aromatic nitrogens is 3. The molecule has 1 unspecified atom stereocenters. The molecule has 0 aromatic carbocycles. The third-order valence-electron chi connectivity index (χ3n) is 5.02. The maximum atomic E-state index is 12.7. The quantitative estimate of drug-likeness (QED) is 0.676. The molecule has 2 saturated heterocycles. The zero-order chi connectivity index (χ0) is 22.6. The molecular weight excluding hydrogens is 459 g/mol. The van der Waals surface area contributed by atoms with Crippen molar-refractivity contribution in [2.24, 2.45) is 5.41 Å². The second kappa shape index (κ2) is 9.45. The van der Waals surface area contributed by atoms with Crippen molar-refractivity contribution in [1.29, 1.82) is 0 Å². The van der Waals surface area contributed by atoms with Gasteiger partial charge in [0, 0.05) is 30.7 Å². The summed E-state index contributed by atoms with van der Waals surface area (Å²) in [5.41, 5.74) is 2.50. The van der Waals surface area contributed by atoms with E-state index in [1.54, 1.807) is 23.7 Å². The monoisotopic (exact) mass is 477 g/mol. The lowest BCUT2D eigenvalue weighted by molar-refractivity contribution is -0.192. The molecule has 0 aliphatic carbocycles. The van der Waals surface area contributed by atoms with Gasteiger partial charge in [-0.1, -0.05) is 11.6 Å². The number of carboxylic acids is 1. The SMILES string of the molecule is O=C(O)C(F)(F)F.O=C1N(Cc2cncs2)CC12CCCN(Cc1cnc(Cl)cn1)C2. The van der Waals surface area contributed by atoms with Crippen LogP contribution in [0.25, 0.3) is 0 Å². The van der Waals surface area contributed by atoms with Crippen LogP contribution in [0.2, 0.25) is 5.15 Å². The number of likely N-dealkylation sites (tertiary alicyclic amines) is 2. The smallest absolute Gasteiger partial charge is 0.475 e. The second-order valence-electron chi connectivity index (χ2n) is 7.36. The summed E-state index contributed by atoms with van der Waals surface area (Å²) >= 11 is 7.38. The van der Waals surface area contributed by atoms with Gasteiger partial charge >= 0.3 is 12.1 Å². The average Bonchev–Trinajstić information content (AvgIpc) is 3.22. The van der Waals surface area contributed by atoms with Crippen LogP contribution < -0.4 is 0 Å². The molecule has 2 fully saturated rings. The fourth-order valence-electron chi connectivity index (χ4n) is 3.70. The molecule has 4 heterocycles. The van der Waals surface area contributed by atoms with Gasteiger partial charge in [-0.05, 0) is 19.4 Å². The number of carbonyl (C=O) groups excluding carboxylic acids is 1. The molecule has 2 aliphatic heterocycles. The van der Waals surface area contributed by atoms with Crippen molar-refractivity contribution in [2.75, 3.05) is 19.6 Å². The van der Waals surface area contributed by atoms with E-state index < -0.39 is 12.1 Å². The predicted molar refractivity (Wildman–Crippen MR) is 105 cm³/mol. The normalized spacial score (nSPS) is 21.4. The fourth-order valence-corrected chi connectivity index (χ4v) is 4.41. The van der Waals surface area contributed by atoms with Crippen LogP contribution in [0.5, 0.6) is 0 Å². The highest BCUT2D eigenvalue weighted by atomic mass is 35.5. The maximum absolute atomic E-state index is 12.7. The first-order valence-corrected chi connectivity index (χ1v) is 10.5. The van der Waals surface area contributed by atoms with E-state index in [4.69, 9.17) is 21.5 Å². The summed E-state index contributed by atoms with van der Waals surface area (Å²) in [5, 5.41) is 7.53. The number of thiazole rings is 1. The molecule has 0 bridgehead atoms. The van der Waals surface area contributed by atoms with Gasteiger partial charge in [0.2, 0.25) is 5.91 Å². The number of carbonyl (C=O) groups is 2. The van der Waals surface area contributed by atoms with Crippen LogP contribution in [0.15, 0.2) is 24.1 Å². The van der Waals surface area contributed by atoms with Gasteiger partial charge in [0.05, 0.1) is 35.6 Å². The molecule has 4 rings (SSSR count). The Hall–Kier alpha value is -2.31. The summed E-state index contributed by atoms with van der Waals surface area (Å²) in [6, 6.07) is 0. The highest BCUT2D eigenvalue weighted by molar-refractivity contribution is 7.09. The van der Waals surface area contributed by atoms with E-state index in [-0.39, 0.29) is 11.3 Å². The third kappa shape index (κ3) is 5.89. The lowest BCUT2D eigenvalue weighted by Gasteiger charge is -2.53. The molecule has 8 nitrogen and oxygen atoms in total. The van der Waals surface area contributed by atoms with E-state index in [0.717, 1.165) is 43.0 Å². The van der Waals surface area contributed by atoms with Gasteiger partial charge in [-0.25, -0.2) is 9.78 Å². The Morgan fingerprint density at radius 1 is 1.23 bits per heavy atom. The first kappa shape index (κ1) is 23.4. The summed E-state index contributed by atoms with van der Waals surface area (Å²) in [6.45, 7) is 4.04. The van der Waals surface area contributed by atoms with Crippen molar-refractivity contribution in [3.8, 4) is 0 Å². The number of hydrogen-bond acceptors (Lipinski definition) is 7. The van der Waals surface area contributed by atoms with Crippen LogP contribution in [-0.2, 0) is 22.7 Å². The molecule has 1 N–H and O–H groups in total. The number of amides is 1. The van der Waals surface area contributed by atoms with Gasteiger partial charge in [-0.2, -0.15) is 13.2 Å². The first-order chi connectivity index (χ1) is 14.6. The Morgan fingerprint density at radius 3 is 2.52 bits per heavy atom. The van der Waals surface area contributed by atoms with Gasteiger partial charge in [0.15, 0.2) is 0 Å². The zero-order valence-electron chi connectivity index (χ0n) is 16.2. The van der Waals surface area contributed by atoms with Gasteiger partial charge in [-0.15, -0.1) is 11.3 Å². The number of aliphatic carboxylic acids is 1. The molecule has 2 aliphatic rings. The maximum Gasteiger partial charge on any atom is 0.490 e. The fraction of sp³-hybridized carbons (Fsp3) is 0.500. The van der Waals surface area contributed by atoms with Gasteiger partial charge < -0.3 is 10.0 Å². The van der Waals surface area contributed by atoms with Crippen molar-refractivity contribution in [2.45, 2.75) is 32.1 Å². The first-order valence-electron chi connectivity index (χ1n) is 9.25. The Balaban J connectivity index is 0.000000339. The van der Waals surface area contributed by atoms with Crippen LogP contribution >= 0.6 is 22.9 Å². The standard InChI is InChI=1S/C16H18ClN5OS.C2HF3O2/c17-14-6-19-12(4-20-14)7-21-3-1-2-16(9-21)10-22(15(16)23)8-13-5-18-11-24-13;3-2(4,5)1(6)7/h4-6,11H,1-3,7-10H2;(H,6,7). The summed E-state index contributed by atoms with van der Waals surface area (Å²) in [5.74, 6) is -2.48. The average molecular weight is 478 g/mol. The van der Waals surface area contributed by atoms with E-state index in [0.29, 0.717) is 18.2 Å². The predicted octanol–water partition coefficient (Wildman–Crippen LogP) is 2.84. The van der Waals surface area contributed by atoms with Crippen LogP contribution in [0, 0.1) is 5.41 Å². The van der Waals surface area contributed by atoms with Crippen molar-refractivity contribution < 1.29 is 27.9 Å². The Morgan fingerprint density at radius 2 is 1.97 bits per heavy atom. The van der Waals surface area contributed by atoms with Crippen molar-refractivity contribution >= 4 is 34.8 Å². The molecule has 13 heteroatoms. The number of β-lactam (4-membered cyclic amide) rings is 1. The topological polar surface area (TPSA) is 99.5 Å². The minimum absolute atomic E-state index is 0.206. The lowest BCUT2D eigenvalue weighted by Crippen LogP contribution is -2.66. The van der Waals surface area contributed by atoms with E-state index >= 15 is 0 Å². The minimum atomic E-state index is -5.08. The zero-order valence-corrected chi connectivity index (χ0v) is 17.8. The van der Waals surface area contributed by atoms with Gasteiger partial charge in [-0.3, -0.25) is 19.7 Å². The molecule has 0 saturated carbocycles. The van der Waals surface area contributed by atoms with E-state index in [1.807, 2.05) is 16.6 Å². The molecule has 2 aromatic rings. The Kier molecular flexibility index (Phi) is 7.12. The summed E-state index contributed by atoms with van der Waals surface area (Å²) in [7, 11) is 0. The Labute approximate surface area is 184 Å². The number of nitrogens with zero attached hydrogens (tertiary/aromatic N) is 5. The van der Waals surface area contributed by atoms with Crippen LogP contribution in [0.3, 0.4) is 0 Å². The minimum Gasteiger partial charge on any atom is -0.475 e. The highest BCUT2D eigenvalue weighted by Gasteiger charge is 2.53. The van der Waals surface area contributed by atoms with Crippen LogP contribution in [0.4, 0.5) is 13.2 Å². The van der Waals surface area contributed by atoms with E-state index in [2.05, 4.69) is 19.9 Å². The summed E-state index contributed by atoms with van der Waals surface area (Å²) in [6.07, 6.45) is 2.06. The van der Waals surface area contributed by atoms with Crippen LogP contribution in [0.1, 0.15) is 23.4 Å². The summed E-state index contributed by atoms with van der Waals surface area (Å²) < 4.78 is 31.7. The molecule has 2 aromatic heterocycles. The Bertz CT molecular complexity index is 913. The largest absolute Gasteiger partial charge is 0.490 e. The number of piperidine rings is 1. The highest BCUT2D eigenvalue weighted by Crippen LogP contribution is 2.41. The molecule has 1 spiro atoms. The van der Waals surface area contributed by atoms with Crippen molar-refractivity contribution in [3.05, 3.63) is 39.8 Å². The number of rotatable bonds is 4. The lowest BCUT2D eigenvalue weighted by atomic mass is 9.72. The number of hydrogen-bond donors (Lipinski definition) is 1. The van der Waals surface area contributed by atoms with Gasteiger partial charge in [0.25, 0.3) is 0 Å². The molecule has 31 heavy (non-hydrogen) atoms.